The second kappa shape index (κ2) is 6.16. The van der Waals surface area contributed by atoms with Gasteiger partial charge in [-0.3, -0.25) is 19.4 Å². The number of nitrogens with zero attached hydrogens (tertiary/aromatic N) is 1. The van der Waals surface area contributed by atoms with Crippen molar-refractivity contribution in [2.45, 2.75) is 25.9 Å². The van der Waals surface area contributed by atoms with E-state index in [0.717, 1.165) is 23.7 Å². The van der Waals surface area contributed by atoms with Crippen LogP contribution in [0.25, 0.3) is 10.9 Å². The van der Waals surface area contributed by atoms with Crippen LogP contribution < -0.4 is 4.74 Å². The molecule has 1 aromatic heterocycles. The summed E-state index contributed by atoms with van der Waals surface area (Å²) >= 11 is 0. The van der Waals surface area contributed by atoms with E-state index in [4.69, 9.17) is 9.47 Å². The van der Waals surface area contributed by atoms with Crippen LogP contribution in [0.5, 0.6) is 5.75 Å². The predicted octanol–water partition coefficient (Wildman–Crippen LogP) is 2.05. The van der Waals surface area contributed by atoms with E-state index >= 15 is 0 Å². The maximum atomic E-state index is 12.2. The van der Waals surface area contributed by atoms with Gasteiger partial charge in [-0.2, -0.15) is 0 Å². The third-order valence-corrected chi connectivity index (χ3v) is 3.47. The summed E-state index contributed by atoms with van der Waals surface area (Å²) in [5.74, 6) is -3.77. The van der Waals surface area contributed by atoms with Gasteiger partial charge in [0.05, 0.1) is 11.7 Å². The molecule has 6 nitrogen and oxygen atoms in total. The van der Waals surface area contributed by atoms with Crippen LogP contribution in [0, 0.1) is 5.92 Å². The Labute approximate surface area is 132 Å². The predicted molar refractivity (Wildman–Crippen MR) is 80.7 cm³/mol. The van der Waals surface area contributed by atoms with Crippen LogP contribution in [0.1, 0.15) is 19.8 Å². The smallest absolute Gasteiger partial charge is 0.333 e. The van der Waals surface area contributed by atoms with Crippen molar-refractivity contribution in [2.24, 2.45) is 5.92 Å². The molecule has 3 rings (SSSR count). The Hall–Kier alpha value is -2.76. The number of Topliss-reactive ketones (excluding diaryl/α,β-unsaturated/α-hetero) is 1. The average Bonchev–Trinajstić information content (AvgIpc) is 3.30. The lowest BCUT2D eigenvalue weighted by Gasteiger charge is -2.12. The number of carbonyl (C=O) groups is 3. The quantitative estimate of drug-likeness (QED) is 0.620. The number of ketones is 1. The van der Waals surface area contributed by atoms with Gasteiger partial charge in [-0.05, 0) is 31.9 Å². The van der Waals surface area contributed by atoms with E-state index in [1.807, 2.05) is 24.3 Å². The SMILES string of the molecule is CC(=O)C(C(=O)Oc1cnc2ccccc2c1)C(=O)OC1CC1. The van der Waals surface area contributed by atoms with Crippen molar-refractivity contribution in [1.82, 2.24) is 4.98 Å². The summed E-state index contributed by atoms with van der Waals surface area (Å²) in [6.07, 6.45) is 2.73. The van der Waals surface area contributed by atoms with Gasteiger partial charge in [0.15, 0.2) is 5.78 Å². The van der Waals surface area contributed by atoms with E-state index in [2.05, 4.69) is 4.98 Å². The molecule has 23 heavy (non-hydrogen) atoms. The van der Waals surface area contributed by atoms with E-state index < -0.39 is 23.6 Å². The Bertz CT molecular complexity index is 781. The van der Waals surface area contributed by atoms with Crippen LogP contribution in [-0.2, 0) is 19.1 Å². The van der Waals surface area contributed by atoms with Crippen LogP contribution in [0.4, 0.5) is 0 Å². The Balaban J connectivity index is 1.76. The fourth-order valence-electron chi connectivity index (χ4n) is 2.13. The van der Waals surface area contributed by atoms with Gasteiger partial charge in [-0.1, -0.05) is 18.2 Å². The monoisotopic (exact) mass is 313 g/mol. The number of fused-ring (bicyclic) bond motifs is 1. The number of benzene rings is 1. The molecule has 1 unspecified atom stereocenters. The highest BCUT2D eigenvalue weighted by Crippen LogP contribution is 2.25. The molecule has 1 atom stereocenters. The second-order valence-electron chi connectivity index (χ2n) is 5.46. The lowest BCUT2D eigenvalue weighted by Crippen LogP contribution is -2.35. The van der Waals surface area contributed by atoms with E-state index in [9.17, 15) is 14.4 Å². The Morgan fingerprint density at radius 3 is 2.61 bits per heavy atom. The third-order valence-electron chi connectivity index (χ3n) is 3.47. The number of carbonyl (C=O) groups excluding carboxylic acids is 3. The zero-order chi connectivity index (χ0) is 16.4. The summed E-state index contributed by atoms with van der Waals surface area (Å²) in [4.78, 5) is 39.9. The van der Waals surface area contributed by atoms with Crippen LogP contribution >= 0.6 is 0 Å². The minimum Gasteiger partial charge on any atom is -0.461 e. The molecule has 2 aromatic rings. The first kappa shape index (κ1) is 15.1. The van der Waals surface area contributed by atoms with Crippen molar-refractivity contribution < 1.29 is 23.9 Å². The summed E-state index contributed by atoms with van der Waals surface area (Å²) < 4.78 is 10.2. The zero-order valence-electron chi connectivity index (χ0n) is 12.5. The number of hydrogen-bond donors (Lipinski definition) is 0. The van der Waals surface area contributed by atoms with Gasteiger partial charge < -0.3 is 9.47 Å². The van der Waals surface area contributed by atoms with Gasteiger partial charge in [0.25, 0.3) is 0 Å². The first-order valence-electron chi connectivity index (χ1n) is 7.32. The first-order chi connectivity index (χ1) is 11.0. The van der Waals surface area contributed by atoms with Crippen LogP contribution in [0.15, 0.2) is 36.5 Å². The molecule has 0 radical (unpaired) electrons. The number of ether oxygens (including phenoxy) is 2. The normalized spacial score (nSPS) is 15.0. The van der Waals surface area contributed by atoms with Crippen molar-refractivity contribution in [2.75, 3.05) is 0 Å². The lowest BCUT2D eigenvalue weighted by molar-refractivity contribution is -0.160. The zero-order valence-corrected chi connectivity index (χ0v) is 12.5. The Kier molecular flexibility index (Phi) is 4.06. The molecule has 118 valence electrons. The van der Waals surface area contributed by atoms with Crippen molar-refractivity contribution in [3.05, 3.63) is 36.5 Å². The maximum absolute atomic E-state index is 12.2. The van der Waals surface area contributed by atoms with E-state index in [1.165, 1.54) is 13.1 Å². The molecule has 0 bridgehead atoms. The fraction of sp³-hybridized carbons (Fsp3) is 0.294. The van der Waals surface area contributed by atoms with Gasteiger partial charge >= 0.3 is 11.9 Å². The van der Waals surface area contributed by atoms with Gasteiger partial charge in [-0.15, -0.1) is 0 Å². The number of esters is 2. The number of para-hydroxylation sites is 1. The van der Waals surface area contributed by atoms with Crippen molar-refractivity contribution in [3.8, 4) is 5.75 Å². The molecular formula is C17H15NO5. The molecule has 1 aliphatic carbocycles. The van der Waals surface area contributed by atoms with Crippen LogP contribution in [0.2, 0.25) is 0 Å². The minimum atomic E-state index is -1.55. The van der Waals surface area contributed by atoms with Crippen molar-refractivity contribution in [3.63, 3.8) is 0 Å². The second-order valence-corrected chi connectivity index (χ2v) is 5.46. The van der Waals surface area contributed by atoms with Crippen LogP contribution in [-0.4, -0.2) is 28.8 Å². The molecule has 1 heterocycles. The number of aromatic nitrogens is 1. The summed E-state index contributed by atoms with van der Waals surface area (Å²) in [6.45, 7) is 1.17. The highest BCUT2D eigenvalue weighted by Gasteiger charge is 2.38. The summed E-state index contributed by atoms with van der Waals surface area (Å²) in [5.41, 5.74) is 0.753. The molecule has 0 amide bonds. The molecule has 0 saturated heterocycles. The molecule has 1 saturated carbocycles. The van der Waals surface area contributed by atoms with E-state index in [-0.39, 0.29) is 11.9 Å². The summed E-state index contributed by atoms with van der Waals surface area (Å²) in [6, 6.07) is 8.96. The van der Waals surface area contributed by atoms with Crippen molar-refractivity contribution in [1.29, 1.82) is 0 Å². The molecule has 0 aliphatic heterocycles. The number of hydrogen-bond acceptors (Lipinski definition) is 6. The highest BCUT2D eigenvalue weighted by molar-refractivity contribution is 6.14. The Morgan fingerprint density at radius 2 is 1.91 bits per heavy atom. The molecule has 1 aliphatic rings. The lowest BCUT2D eigenvalue weighted by atomic mass is 10.1. The Morgan fingerprint density at radius 1 is 1.17 bits per heavy atom. The topological polar surface area (TPSA) is 82.6 Å². The molecular weight excluding hydrogens is 298 g/mol. The van der Waals surface area contributed by atoms with Crippen LogP contribution in [0.3, 0.4) is 0 Å². The largest absolute Gasteiger partial charge is 0.461 e. The highest BCUT2D eigenvalue weighted by atomic mass is 16.6. The molecule has 1 fully saturated rings. The van der Waals surface area contributed by atoms with Gasteiger partial charge in [0, 0.05) is 5.39 Å². The summed E-state index contributed by atoms with van der Waals surface area (Å²) in [5, 5.41) is 0.790. The molecule has 0 spiro atoms. The fourth-order valence-corrected chi connectivity index (χ4v) is 2.13. The number of rotatable bonds is 5. The number of pyridine rings is 1. The molecule has 0 N–H and O–H groups in total. The minimum absolute atomic E-state index is 0.180. The average molecular weight is 313 g/mol. The van der Waals surface area contributed by atoms with E-state index in [1.54, 1.807) is 6.07 Å². The van der Waals surface area contributed by atoms with Gasteiger partial charge in [0.2, 0.25) is 5.92 Å². The van der Waals surface area contributed by atoms with E-state index in [0.29, 0.717) is 0 Å². The first-order valence-corrected chi connectivity index (χ1v) is 7.32. The standard InChI is InChI=1S/C17H15NO5/c1-10(19)15(16(20)22-12-6-7-12)17(21)23-13-8-11-4-2-3-5-14(11)18-9-13/h2-5,8-9,12,15H,6-7H2,1H3. The van der Waals surface area contributed by atoms with Gasteiger partial charge in [-0.25, -0.2) is 0 Å². The molecule has 6 heteroatoms. The van der Waals surface area contributed by atoms with Crippen molar-refractivity contribution >= 4 is 28.6 Å². The maximum Gasteiger partial charge on any atom is 0.333 e. The molecule has 1 aromatic carbocycles. The third kappa shape index (κ3) is 3.53. The van der Waals surface area contributed by atoms with Gasteiger partial charge in [0.1, 0.15) is 11.9 Å². The summed E-state index contributed by atoms with van der Waals surface area (Å²) in [7, 11) is 0.